The molecule has 0 aromatic heterocycles. The van der Waals surface area contributed by atoms with E-state index in [1.807, 2.05) is 26.8 Å². The van der Waals surface area contributed by atoms with Gasteiger partial charge in [0, 0.05) is 47.7 Å². The molecule has 0 bridgehead atoms. The molecule has 0 radical (unpaired) electrons. The Bertz CT molecular complexity index is 2140. The molecule has 11 heteroatoms. The second kappa shape index (κ2) is 11.9. The summed E-state index contributed by atoms with van der Waals surface area (Å²) in [7, 11) is 0. The van der Waals surface area contributed by atoms with Crippen LogP contribution in [0.1, 0.15) is 78.1 Å². The maximum Gasteiger partial charge on any atom is 0.318 e. The van der Waals surface area contributed by atoms with E-state index in [9.17, 15) is 45.6 Å². The smallest absolute Gasteiger partial charge is 0.318 e. The highest BCUT2D eigenvalue weighted by Crippen LogP contribution is 2.60. The first-order valence-electron chi connectivity index (χ1n) is 16.5. The maximum atomic E-state index is 14.6. The van der Waals surface area contributed by atoms with Crippen LogP contribution in [0.5, 0.6) is 51.7 Å². The lowest BCUT2D eigenvalue weighted by Crippen LogP contribution is -2.62. The number of hydrogen-bond acceptors (Lipinski definition) is 11. The number of carbonyl (C=O) groups excluding carboxylic acids is 1. The molecule has 5 atom stereocenters. The summed E-state index contributed by atoms with van der Waals surface area (Å²) >= 11 is 0. The molecule has 1 aliphatic carbocycles. The Kier molecular flexibility index (Phi) is 7.86. The van der Waals surface area contributed by atoms with E-state index in [-0.39, 0.29) is 58.7 Å². The Labute approximate surface area is 293 Å². The molecule has 2 heterocycles. The molecule has 8 N–H and O–H groups in total. The Morgan fingerprint density at radius 2 is 1.51 bits per heavy atom. The predicted octanol–water partition coefficient (Wildman–Crippen LogP) is 6.61. The number of ether oxygens (including phenoxy) is 2. The molecule has 4 aromatic carbocycles. The van der Waals surface area contributed by atoms with Crippen molar-refractivity contribution in [3.05, 3.63) is 112 Å². The van der Waals surface area contributed by atoms with Crippen LogP contribution in [-0.2, 0) is 12.0 Å². The lowest BCUT2D eigenvalue weighted by molar-refractivity contribution is -0.201. The van der Waals surface area contributed by atoms with Gasteiger partial charge in [-0.2, -0.15) is 0 Å². The molecule has 7 rings (SSSR count). The number of rotatable bonds is 6. The third kappa shape index (κ3) is 5.36. The summed E-state index contributed by atoms with van der Waals surface area (Å²) in [5.74, 6) is -7.61. The highest BCUT2D eigenvalue weighted by Gasteiger charge is 2.69. The lowest BCUT2D eigenvalue weighted by atomic mass is 9.65. The van der Waals surface area contributed by atoms with E-state index >= 15 is 0 Å². The van der Waals surface area contributed by atoms with Crippen molar-refractivity contribution in [2.75, 3.05) is 0 Å². The molecule has 3 aliphatic rings. The molecule has 0 saturated heterocycles. The number of benzene rings is 4. The molecule has 264 valence electrons. The highest BCUT2D eigenvalue weighted by molar-refractivity contribution is 6.09. The Balaban J connectivity index is 1.41. The Morgan fingerprint density at radius 1 is 0.824 bits per heavy atom. The minimum absolute atomic E-state index is 0.0153. The summed E-state index contributed by atoms with van der Waals surface area (Å²) in [6, 6.07) is 13.8. The topological polar surface area (TPSA) is 197 Å². The molecule has 11 nitrogen and oxygen atoms in total. The van der Waals surface area contributed by atoms with Gasteiger partial charge >= 0.3 is 5.79 Å². The average molecular weight is 695 g/mol. The number of aromatic hydroxyl groups is 7. The quantitative estimate of drug-likeness (QED) is 0.101. The van der Waals surface area contributed by atoms with Gasteiger partial charge in [-0.3, -0.25) is 4.79 Å². The van der Waals surface area contributed by atoms with E-state index in [2.05, 4.69) is 0 Å². The number of carbonyl (C=O) groups is 1. The molecule has 5 unspecified atom stereocenters. The van der Waals surface area contributed by atoms with Gasteiger partial charge < -0.3 is 50.3 Å². The van der Waals surface area contributed by atoms with Crippen molar-refractivity contribution in [1.82, 2.24) is 0 Å². The normalized spacial score (nSPS) is 24.7. The first kappa shape index (κ1) is 33.7. The SMILES string of the molecule is CC(C)=CCC12Oc3cc(O)c(C4C=C(C)CC(c5ccc(O)cc5O)C4Cc4cc(O)cc(O)c4)c(O)c3C(=O)C1(O)Oc1cc(O)ccc12. The van der Waals surface area contributed by atoms with E-state index in [4.69, 9.17) is 9.47 Å². The molecular weight excluding hydrogens is 656 g/mol. The van der Waals surface area contributed by atoms with Gasteiger partial charge in [0.05, 0.1) is 0 Å². The van der Waals surface area contributed by atoms with E-state index < -0.39 is 52.0 Å². The predicted molar refractivity (Wildman–Crippen MR) is 185 cm³/mol. The van der Waals surface area contributed by atoms with E-state index in [1.54, 1.807) is 12.1 Å². The van der Waals surface area contributed by atoms with Gasteiger partial charge in [0.15, 0.2) is 0 Å². The molecule has 2 aliphatic heterocycles. The van der Waals surface area contributed by atoms with Crippen LogP contribution in [0.25, 0.3) is 0 Å². The van der Waals surface area contributed by atoms with Crippen LogP contribution in [0.2, 0.25) is 0 Å². The van der Waals surface area contributed by atoms with Gasteiger partial charge in [0.2, 0.25) is 11.4 Å². The van der Waals surface area contributed by atoms with Gasteiger partial charge in [-0.15, -0.1) is 0 Å². The second-order valence-corrected chi connectivity index (χ2v) is 14.0. The monoisotopic (exact) mass is 694 g/mol. The summed E-state index contributed by atoms with van der Waals surface area (Å²) in [6.07, 6.45) is 4.18. The second-order valence-electron chi connectivity index (χ2n) is 14.0. The average Bonchev–Trinajstić information content (AvgIpc) is 3.28. The van der Waals surface area contributed by atoms with Crippen molar-refractivity contribution in [2.24, 2.45) is 5.92 Å². The maximum absolute atomic E-state index is 14.6. The molecule has 0 amide bonds. The lowest BCUT2D eigenvalue weighted by Gasteiger charge is -2.44. The molecule has 4 aromatic rings. The summed E-state index contributed by atoms with van der Waals surface area (Å²) in [4.78, 5) is 14.6. The van der Waals surface area contributed by atoms with Crippen molar-refractivity contribution < 1.29 is 55.1 Å². The number of allylic oxidation sites excluding steroid dienone is 3. The summed E-state index contributed by atoms with van der Waals surface area (Å²) in [5, 5.41) is 87.8. The summed E-state index contributed by atoms with van der Waals surface area (Å²) in [5.41, 5.74) is 0.700. The minimum Gasteiger partial charge on any atom is -0.508 e. The summed E-state index contributed by atoms with van der Waals surface area (Å²) < 4.78 is 12.4. The zero-order chi connectivity index (χ0) is 36.6. The fourth-order valence-corrected chi connectivity index (χ4v) is 8.02. The first-order valence-corrected chi connectivity index (χ1v) is 16.5. The van der Waals surface area contributed by atoms with Crippen LogP contribution >= 0.6 is 0 Å². The minimum atomic E-state index is -2.68. The van der Waals surface area contributed by atoms with Crippen molar-refractivity contribution in [3.8, 4) is 51.7 Å². The third-order valence-corrected chi connectivity index (χ3v) is 10.3. The van der Waals surface area contributed by atoms with Crippen LogP contribution in [0.4, 0.5) is 0 Å². The number of phenolic OH excluding ortho intramolecular Hbond substituents is 7. The molecule has 0 fully saturated rings. The standard InChI is InChI=1S/C40H38O11/c1-19(2)8-9-39-30-7-5-23(42)17-33(30)51-40(39,49)38(48)36-34(50-39)18-32(46)35(37(36)47)29-11-20(3)10-27(26-6-4-22(41)16-31(26)45)28(29)14-21-12-24(43)15-25(44)13-21/h4-8,11-13,15-18,27-29,41-47,49H,9-10,14H2,1-3H3. The van der Waals surface area contributed by atoms with Crippen molar-refractivity contribution in [1.29, 1.82) is 0 Å². The largest absolute Gasteiger partial charge is 0.508 e. The van der Waals surface area contributed by atoms with Crippen molar-refractivity contribution in [3.63, 3.8) is 0 Å². The zero-order valence-corrected chi connectivity index (χ0v) is 28.1. The number of hydrogen-bond donors (Lipinski definition) is 8. The molecule has 0 saturated carbocycles. The van der Waals surface area contributed by atoms with Crippen LogP contribution in [0.3, 0.4) is 0 Å². The summed E-state index contributed by atoms with van der Waals surface area (Å²) in [6.45, 7) is 5.53. The van der Waals surface area contributed by atoms with Crippen LogP contribution in [-0.4, -0.2) is 52.4 Å². The first-order chi connectivity index (χ1) is 24.1. The Hall–Kier alpha value is -5.81. The van der Waals surface area contributed by atoms with Gasteiger partial charge in [0.1, 0.15) is 57.3 Å². The highest BCUT2D eigenvalue weighted by atomic mass is 16.7. The van der Waals surface area contributed by atoms with Crippen molar-refractivity contribution in [2.45, 2.75) is 63.3 Å². The molecular formula is C40H38O11. The van der Waals surface area contributed by atoms with Gasteiger partial charge in [0.25, 0.3) is 0 Å². The van der Waals surface area contributed by atoms with Crippen LogP contribution in [0.15, 0.2) is 84.0 Å². The fourth-order valence-electron chi connectivity index (χ4n) is 8.02. The van der Waals surface area contributed by atoms with Gasteiger partial charge in [-0.05, 0) is 86.9 Å². The zero-order valence-electron chi connectivity index (χ0n) is 28.1. The van der Waals surface area contributed by atoms with E-state index in [1.165, 1.54) is 54.6 Å². The van der Waals surface area contributed by atoms with Gasteiger partial charge in [-0.25, -0.2) is 0 Å². The number of fused-ring (bicyclic) bond motifs is 4. The van der Waals surface area contributed by atoms with E-state index in [0.717, 1.165) is 11.1 Å². The van der Waals surface area contributed by atoms with Crippen LogP contribution in [0, 0.1) is 5.92 Å². The number of phenols is 7. The number of aliphatic hydroxyl groups is 1. The molecule has 0 spiro atoms. The van der Waals surface area contributed by atoms with Crippen molar-refractivity contribution >= 4 is 5.78 Å². The van der Waals surface area contributed by atoms with E-state index in [0.29, 0.717) is 23.1 Å². The Morgan fingerprint density at radius 3 is 2.20 bits per heavy atom. The third-order valence-electron chi connectivity index (χ3n) is 10.3. The molecule has 51 heavy (non-hydrogen) atoms. The number of Topliss-reactive ketones (excluding diaryl/α,β-unsaturated/α-hetero) is 1. The number of ketones is 1. The van der Waals surface area contributed by atoms with Crippen LogP contribution < -0.4 is 9.47 Å². The van der Waals surface area contributed by atoms with Gasteiger partial charge in [-0.1, -0.05) is 29.4 Å². The fraction of sp³-hybridized carbons (Fsp3) is 0.275.